The molecule has 96 valence electrons. The molecule has 4 nitrogen and oxygen atoms in total. The minimum absolute atomic E-state index is 0.398. The molecule has 0 saturated heterocycles. The average Bonchev–Trinajstić information content (AvgIpc) is 2.76. The molecule has 0 aromatic heterocycles. The molecule has 0 saturated carbocycles. The van der Waals surface area contributed by atoms with E-state index in [9.17, 15) is 0 Å². The number of hydrogen-bond acceptors (Lipinski definition) is 4. The van der Waals surface area contributed by atoms with Gasteiger partial charge >= 0.3 is 0 Å². The fraction of sp³-hybridized carbons (Fsp3) is 0.333. The van der Waals surface area contributed by atoms with E-state index < -0.39 is 9.64 Å². The van der Waals surface area contributed by atoms with E-state index in [-0.39, 0.29) is 0 Å². The summed E-state index contributed by atoms with van der Waals surface area (Å²) in [7, 11) is -0.699. The highest BCUT2D eigenvalue weighted by Crippen LogP contribution is 2.09. The highest BCUT2D eigenvalue weighted by atomic mass is 32.8. The molecule has 0 amide bonds. The van der Waals surface area contributed by atoms with Crippen LogP contribution in [0.2, 0.25) is 0 Å². The Hall–Kier alpha value is -1.11. The number of nitrogens with zero attached hydrogens (tertiary/aromatic N) is 2. The topological polar surface area (TPSA) is 43.2 Å². The number of rotatable bonds is 5. The molecule has 0 N–H and O–H groups in total. The van der Waals surface area contributed by atoms with Crippen molar-refractivity contribution in [1.82, 2.24) is 0 Å². The summed E-state index contributed by atoms with van der Waals surface area (Å²) in [4.78, 5) is 4.25. The van der Waals surface area contributed by atoms with Gasteiger partial charge in [0.2, 0.25) is 0 Å². The standard InChI is InChI=1S/C12H14N2O2S2/c1-2-15-9-11-13-12(18(17)14-11)16-8-10-6-4-3-5-7-10/h3-7H,2,8-9H2,1H3. The fourth-order valence-electron chi connectivity index (χ4n) is 1.35. The third kappa shape index (κ3) is 3.69. The number of benzene rings is 1. The number of hydrogen-bond donors (Lipinski definition) is 0. The van der Waals surface area contributed by atoms with Gasteiger partial charge in [-0.1, -0.05) is 30.3 Å². The first kappa shape index (κ1) is 13.3. The monoisotopic (exact) mass is 282 g/mol. The molecule has 1 heterocycles. The third-order valence-corrected chi connectivity index (χ3v) is 3.73. The SMILES string of the molecule is CCOCC1=NS(=S)C(OCc2ccccc2)=N1. The maximum Gasteiger partial charge on any atom is 0.278 e. The molecule has 0 fully saturated rings. The molecule has 2 rings (SSSR count). The summed E-state index contributed by atoms with van der Waals surface area (Å²) in [5.41, 5.74) is 1.09. The lowest BCUT2D eigenvalue weighted by Gasteiger charge is -2.04. The van der Waals surface area contributed by atoms with Crippen LogP contribution in [0.15, 0.2) is 39.7 Å². The smallest absolute Gasteiger partial charge is 0.278 e. The van der Waals surface area contributed by atoms with Gasteiger partial charge in [0.05, 0.1) is 9.64 Å². The van der Waals surface area contributed by atoms with Crippen LogP contribution in [0.3, 0.4) is 0 Å². The van der Waals surface area contributed by atoms with Gasteiger partial charge in [0, 0.05) is 6.61 Å². The number of amidine groups is 1. The van der Waals surface area contributed by atoms with Crippen LogP contribution >= 0.6 is 0 Å². The van der Waals surface area contributed by atoms with Crippen molar-refractivity contribution < 1.29 is 9.47 Å². The molecule has 0 radical (unpaired) electrons. The molecule has 1 aliphatic rings. The first-order valence-electron chi connectivity index (χ1n) is 5.62. The van der Waals surface area contributed by atoms with Gasteiger partial charge in [0.25, 0.3) is 5.23 Å². The van der Waals surface area contributed by atoms with E-state index in [1.54, 1.807) is 0 Å². The van der Waals surface area contributed by atoms with Crippen molar-refractivity contribution in [3.05, 3.63) is 35.9 Å². The van der Waals surface area contributed by atoms with Gasteiger partial charge in [-0.05, 0) is 23.7 Å². The lowest BCUT2D eigenvalue weighted by atomic mass is 10.2. The van der Waals surface area contributed by atoms with Gasteiger partial charge in [-0.15, -0.1) is 0 Å². The Morgan fingerprint density at radius 1 is 1.22 bits per heavy atom. The Kier molecular flexibility index (Phi) is 4.98. The Morgan fingerprint density at radius 3 is 2.72 bits per heavy atom. The van der Waals surface area contributed by atoms with Crippen molar-refractivity contribution in [1.29, 1.82) is 0 Å². The number of aliphatic imine (C=N–C) groups is 1. The third-order valence-electron chi connectivity index (χ3n) is 2.20. The second kappa shape index (κ2) is 6.72. The van der Waals surface area contributed by atoms with E-state index in [4.69, 9.17) is 20.7 Å². The van der Waals surface area contributed by atoms with E-state index in [0.717, 1.165) is 5.56 Å². The maximum absolute atomic E-state index is 5.60. The molecule has 1 aromatic carbocycles. The molecular formula is C12H14N2O2S2. The minimum atomic E-state index is -0.699. The van der Waals surface area contributed by atoms with Gasteiger partial charge in [-0.2, -0.15) is 9.39 Å². The van der Waals surface area contributed by atoms with Gasteiger partial charge in [0.15, 0.2) is 5.84 Å². The summed E-state index contributed by atoms with van der Waals surface area (Å²) in [6, 6.07) is 9.91. The van der Waals surface area contributed by atoms with Gasteiger partial charge in [-0.25, -0.2) is 0 Å². The van der Waals surface area contributed by atoms with Crippen LogP contribution in [-0.2, 0) is 36.9 Å². The van der Waals surface area contributed by atoms with E-state index in [2.05, 4.69) is 9.39 Å². The molecule has 1 unspecified atom stereocenters. The average molecular weight is 282 g/mol. The van der Waals surface area contributed by atoms with Crippen molar-refractivity contribution in [2.45, 2.75) is 13.5 Å². The van der Waals surface area contributed by atoms with Gasteiger partial charge < -0.3 is 9.47 Å². The van der Waals surface area contributed by atoms with E-state index >= 15 is 0 Å². The molecule has 0 bridgehead atoms. The van der Waals surface area contributed by atoms with Crippen molar-refractivity contribution in [3.63, 3.8) is 0 Å². The van der Waals surface area contributed by atoms with Crippen LogP contribution in [0.4, 0.5) is 0 Å². The zero-order chi connectivity index (χ0) is 12.8. The lowest BCUT2D eigenvalue weighted by molar-refractivity contribution is 0.187. The van der Waals surface area contributed by atoms with Gasteiger partial charge in [0.1, 0.15) is 13.2 Å². The predicted octanol–water partition coefficient (Wildman–Crippen LogP) is 2.00. The van der Waals surface area contributed by atoms with E-state index in [1.807, 2.05) is 37.3 Å². The zero-order valence-corrected chi connectivity index (χ0v) is 11.7. The first-order valence-corrected chi connectivity index (χ1v) is 7.73. The largest absolute Gasteiger partial charge is 0.466 e. The molecule has 1 aliphatic heterocycles. The van der Waals surface area contributed by atoms with Crippen LogP contribution in [-0.4, -0.2) is 24.3 Å². The Bertz CT molecular complexity index is 486. The molecule has 0 spiro atoms. The Balaban J connectivity index is 1.89. The van der Waals surface area contributed by atoms with Crippen LogP contribution in [0.25, 0.3) is 0 Å². The minimum Gasteiger partial charge on any atom is -0.466 e. The molecule has 18 heavy (non-hydrogen) atoms. The van der Waals surface area contributed by atoms with Crippen LogP contribution < -0.4 is 0 Å². The maximum atomic E-state index is 5.60. The van der Waals surface area contributed by atoms with Crippen molar-refractivity contribution in [2.24, 2.45) is 9.39 Å². The Labute approximate surface area is 113 Å². The fourth-order valence-corrected chi connectivity index (χ4v) is 2.57. The van der Waals surface area contributed by atoms with E-state index in [1.165, 1.54) is 0 Å². The summed E-state index contributed by atoms with van der Waals surface area (Å²) in [6.07, 6.45) is 0. The second-order valence-electron chi connectivity index (χ2n) is 3.55. The predicted molar refractivity (Wildman–Crippen MR) is 77.3 cm³/mol. The molecular weight excluding hydrogens is 268 g/mol. The second-order valence-corrected chi connectivity index (χ2v) is 5.52. The molecule has 1 aromatic rings. The normalized spacial score (nSPS) is 18.4. The molecule has 0 aliphatic carbocycles. The van der Waals surface area contributed by atoms with Crippen molar-refractivity contribution in [3.8, 4) is 0 Å². The quantitative estimate of drug-likeness (QED) is 0.829. The van der Waals surface area contributed by atoms with E-state index in [0.29, 0.717) is 30.9 Å². The summed E-state index contributed by atoms with van der Waals surface area (Å²) in [5, 5.41) is 0.517. The zero-order valence-electron chi connectivity index (χ0n) is 10.0. The van der Waals surface area contributed by atoms with Crippen molar-refractivity contribution in [2.75, 3.05) is 13.2 Å². The summed E-state index contributed by atoms with van der Waals surface area (Å²) < 4.78 is 15.1. The summed E-state index contributed by atoms with van der Waals surface area (Å²) >= 11 is 5.20. The lowest BCUT2D eigenvalue weighted by Crippen LogP contribution is -2.07. The molecule has 6 heteroatoms. The highest BCUT2D eigenvalue weighted by Gasteiger charge is 2.16. The van der Waals surface area contributed by atoms with Crippen LogP contribution in [0.5, 0.6) is 0 Å². The van der Waals surface area contributed by atoms with Crippen molar-refractivity contribution >= 4 is 31.9 Å². The number of ether oxygens (including phenoxy) is 2. The first-order chi connectivity index (χ1) is 8.79. The Morgan fingerprint density at radius 2 is 2.00 bits per heavy atom. The molecule has 1 atom stereocenters. The summed E-state index contributed by atoms with van der Waals surface area (Å²) in [6.45, 7) is 3.44. The highest BCUT2D eigenvalue weighted by molar-refractivity contribution is 8.36. The van der Waals surface area contributed by atoms with Gasteiger partial charge in [-0.3, -0.25) is 0 Å². The van der Waals surface area contributed by atoms with Crippen LogP contribution in [0, 0.1) is 0 Å². The summed E-state index contributed by atoms with van der Waals surface area (Å²) in [5.74, 6) is 0.623. The van der Waals surface area contributed by atoms with Crippen LogP contribution in [0.1, 0.15) is 12.5 Å².